The summed E-state index contributed by atoms with van der Waals surface area (Å²) in [5.74, 6) is 6.35. The van der Waals surface area contributed by atoms with Gasteiger partial charge in [-0.25, -0.2) is 4.79 Å². The van der Waals surface area contributed by atoms with Crippen molar-refractivity contribution in [3.05, 3.63) is 71.0 Å². The third kappa shape index (κ3) is 6.91. The van der Waals surface area contributed by atoms with Crippen molar-refractivity contribution in [3.8, 4) is 11.8 Å². The Kier molecular flexibility index (Phi) is 8.68. The van der Waals surface area contributed by atoms with Gasteiger partial charge in [-0.2, -0.15) is 0 Å². The van der Waals surface area contributed by atoms with E-state index in [1.807, 2.05) is 106 Å². The molecule has 0 fully saturated rings. The van der Waals surface area contributed by atoms with Crippen LogP contribution in [0.25, 0.3) is 0 Å². The van der Waals surface area contributed by atoms with Crippen molar-refractivity contribution in [2.75, 3.05) is 0 Å². The maximum Gasteiger partial charge on any atom is 0.407 e. The molecule has 2 amide bonds. The molecule has 0 radical (unpaired) electrons. The number of carbonyl (C=O) groups is 2. The first-order chi connectivity index (χ1) is 16.5. The number of allylic oxidation sites excluding steroid dienone is 4. The number of nitrogens with zero attached hydrogens (tertiary/aromatic N) is 1. The molecule has 36 heavy (non-hydrogen) atoms. The van der Waals surface area contributed by atoms with E-state index in [4.69, 9.17) is 4.74 Å². The number of rotatable bonds is 5. The van der Waals surface area contributed by atoms with Gasteiger partial charge in [-0.05, 0) is 98.9 Å². The van der Waals surface area contributed by atoms with Crippen LogP contribution in [0.1, 0.15) is 90.7 Å². The largest absolute Gasteiger partial charge is 0.444 e. The fourth-order valence-corrected chi connectivity index (χ4v) is 4.13. The summed E-state index contributed by atoms with van der Waals surface area (Å²) in [7, 11) is 0. The molecule has 1 heterocycles. The lowest BCUT2D eigenvalue weighted by molar-refractivity contribution is 0.0340. The average Bonchev–Trinajstić information content (AvgIpc) is 2.71. The Morgan fingerprint density at radius 3 is 2.42 bits per heavy atom. The molecule has 1 aromatic carbocycles. The Hall–Kier alpha value is -3.26. The van der Waals surface area contributed by atoms with Crippen molar-refractivity contribution in [1.29, 1.82) is 0 Å². The first kappa shape index (κ1) is 29.0. The fourth-order valence-electron chi connectivity index (χ4n) is 4.13. The SMILES string of the molecule is C=C(C)/C(=C\C=C/C)N1C(=O)c2c(C#CC(C)(C)C)cccc2CC1(C)[C@H](C)NC(=O)OC(C)(C)C. The van der Waals surface area contributed by atoms with E-state index >= 15 is 0 Å². The van der Waals surface area contributed by atoms with Crippen molar-refractivity contribution >= 4 is 12.0 Å². The monoisotopic (exact) mass is 490 g/mol. The number of nitrogens with one attached hydrogen (secondary N) is 1. The van der Waals surface area contributed by atoms with Gasteiger partial charge in [-0.1, -0.05) is 42.7 Å². The third-order valence-electron chi connectivity index (χ3n) is 5.99. The number of ether oxygens (including phenoxy) is 1. The number of amides is 2. The molecule has 2 rings (SSSR count). The minimum Gasteiger partial charge on any atom is -0.444 e. The Labute approximate surface area is 217 Å². The van der Waals surface area contributed by atoms with E-state index in [0.717, 1.165) is 11.1 Å². The zero-order valence-corrected chi connectivity index (χ0v) is 23.6. The van der Waals surface area contributed by atoms with Gasteiger partial charge >= 0.3 is 6.09 Å². The van der Waals surface area contributed by atoms with E-state index in [1.54, 1.807) is 4.90 Å². The summed E-state index contributed by atoms with van der Waals surface area (Å²) in [5, 5.41) is 2.98. The minimum absolute atomic E-state index is 0.158. The second kappa shape index (κ2) is 10.8. The maximum absolute atomic E-state index is 14.3. The molecular weight excluding hydrogens is 448 g/mol. The van der Waals surface area contributed by atoms with Gasteiger partial charge in [-0.15, -0.1) is 0 Å². The Balaban J connectivity index is 2.72. The van der Waals surface area contributed by atoms with Crippen molar-refractivity contribution in [3.63, 3.8) is 0 Å². The van der Waals surface area contributed by atoms with Gasteiger partial charge in [0.1, 0.15) is 5.60 Å². The molecule has 0 spiro atoms. The summed E-state index contributed by atoms with van der Waals surface area (Å²) in [4.78, 5) is 28.8. The number of carbonyl (C=O) groups excluding carboxylic acids is 2. The second-order valence-electron chi connectivity index (χ2n) is 11.7. The number of alkyl carbamates (subject to hydrolysis) is 1. The number of hydrogen-bond acceptors (Lipinski definition) is 3. The molecule has 194 valence electrons. The van der Waals surface area contributed by atoms with Gasteiger partial charge < -0.3 is 10.1 Å². The Morgan fingerprint density at radius 1 is 1.25 bits per heavy atom. The normalized spacial score (nSPS) is 19.3. The Morgan fingerprint density at radius 2 is 1.89 bits per heavy atom. The van der Waals surface area contributed by atoms with Crippen molar-refractivity contribution in [2.45, 2.75) is 92.8 Å². The van der Waals surface area contributed by atoms with Crippen LogP contribution in [0.3, 0.4) is 0 Å². The molecule has 0 aliphatic carbocycles. The quantitative estimate of drug-likeness (QED) is 0.365. The summed E-state index contributed by atoms with van der Waals surface area (Å²) in [6.45, 7) is 23.5. The lowest BCUT2D eigenvalue weighted by Gasteiger charge is -2.50. The molecule has 1 aliphatic heterocycles. The molecule has 5 heteroatoms. The van der Waals surface area contributed by atoms with Gasteiger partial charge in [0.05, 0.1) is 17.1 Å². The van der Waals surface area contributed by atoms with E-state index in [0.29, 0.717) is 23.2 Å². The van der Waals surface area contributed by atoms with Crippen LogP contribution in [0.5, 0.6) is 0 Å². The predicted octanol–water partition coefficient (Wildman–Crippen LogP) is 6.79. The summed E-state index contributed by atoms with van der Waals surface area (Å²) in [6, 6.07) is 5.38. The molecule has 0 saturated heterocycles. The fraction of sp³-hybridized carbons (Fsp3) is 0.484. The first-order valence-corrected chi connectivity index (χ1v) is 12.5. The van der Waals surface area contributed by atoms with Crippen LogP contribution >= 0.6 is 0 Å². The molecule has 0 saturated carbocycles. The third-order valence-corrected chi connectivity index (χ3v) is 5.99. The van der Waals surface area contributed by atoms with Gasteiger partial charge in [0.25, 0.3) is 5.91 Å². The highest BCUT2D eigenvalue weighted by molar-refractivity contribution is 6.01. The van der Waals surface area contributed by atoms with E-state index in [9.17, 15) is 9.59 Å². The predicted molar refractivity (Wildman–Crippen MR) is 148 cm³/mol. The highest BCUT2D eigenvalue weighted by Crippen LogP contribution is 2.39. The van der Waals surface area contributed by atoms with Gasteiger partial charge in [0, 0.05) is 16.7 Å². The highest BCUT2D eigenvalue weighted by Gasteiger charge is 2.48. The van der Waals surface area contributed by atoms with Gasteiger partial charge in [0.15, 0.2) is 0 Å². The number of benzene rings is 1. The summed E-state index contributed by atoms with van der Waals surface area (Å²) < 4.78 is 5.52. The standard InChI is InChI=1S/C31H42N2O3/c1-12-13-17-25(21(2)3)33-27(34)26-23(18-19-29(5,6)7)15-14-16-24(26)20-31(33,11)22(4)32-28(35)36-30(8,9)10/h12-17,22H,2,20H2,1,3-11H3,(H,32,35)/b13-12-,25-17+/t22-,31?/m0/s1. The average molecular weight is 491 g/mol. The first-order valence-electron chi connectivity index (χ1n) is 12.5. The van der Waals surface area contributed by atoms with Crippen molar-refractivity contribution in [1.82, 2.24) is 10.2 Å². The van der Waals surface area contributed by atoms with Crippen LogP contribution in [-0.2, 0) is 11.2 Å². The smallest absolute Gasteiger partial charge is 0.407 e. The van der Waals surface area contributed by atoms with E-state index in [-0.39, 0.29) is 11.3 Å². The van der Waals surface area contributed by atoms with Crippen LogP contribution in [0.15, 0.2) is 54.3 Å². The van der Waals surface area contributed by atoms with E-state index < -0.39 is 23.3 Å². The minimum atomic E-state index is -0.788. The number of hydrogen-bond donors (Lipinski definition) is 1. The zero-order valence-electron chi connectivity index (χ0n) is 23.6. The molecule has 1 unspecified atom stereocenters. The lowest BCUT2D eigenvalue weighted by Crippen LogP contribution is -2.64. The molecule has 1 N–H and O–H groups in total. The molecule has 0 aromatic heterocycles. The van der Waals surface area contributed by atoms with E-state index in [1.165, 1.54) is 0 Å². The molecule has 2 atom stereocenters. The summed E-state index contributed by atoms with van der Waals surface area (Å²) >= 11 is 0. The highest BCUT2D eigenvalue weighted by atomic mass is 16.6. The van der Waals surface area contributed by atoms with Crippen LogP contribution < -0.4 is 5.32 Å². The van der Waals surface area contributed by atoms with E-state index in [2.05, 4.69) is 23.7 Å². The van der Waals surface area contributed by atoms with Crippen LogP contribution in [0, 0.1) is 17.3 Å². The van der Waals surface area contributed by atoms with Crippen molar-refractivity contribution < 1.29 is 14.3 Å². The molecular formula is C31H42N2O3. The summed E-state index contributed by atoms with van der Waals surface area (Å²) in [6.07, 6.45) is 5.70. The van der Waals surface area contributed by atoms with Crippen LogP contribution in [0.4, 0.5) is 4.79 Å². The Bertz CT molecular complexity index is 1150. The lowest BCUT2D eigenvalue weighted by atomic mass is 9.77. The number of fused-ring (bicyclic) bond motifs is 1. The molecule has 1 aliphatic rings. The zero-order chi connectivity index (χ0) is 27.5. The van der Waals surface area contributed by atoms with Crippen molar-refractivity contribution in [2.24, 2.45) is 5.41 Å². The topological polar surface area (TPSA) is 58.6 Å². The molecule has 5 nitrogen and oxygen atoms in total. The molecule has 1 aromatic rings. The van der Waals surface area contributed by atoms with Crippen LogP contribution in [0.2, 0.25) is 0 Å². The van der Waals surface area contributed by atoms with Crippen LogP contribution in [-0.4, -0.2) is 34.1 Å². The summed E-state index contributed by atoms with van der Waals surface area (Å²) in [5.41, 5.74) is 2.04. The maximum atomic E-state index is 14.3. The molecule has 0 bridgehead atoms. The van der Waals surface area contributed by atoms with Gasteiger partial charge in [0.2, 0.25) is 0 Å². The van der Waals surface area contributed by atoms with Gasteiger partial charge in [-0.3, -0.25) is 9.69 Å². The second-order valence-corrected chi connectivity index (χ2v) is 11.7.